The van der Waals surface area contributed by atoms with Crippen LogP contribution >= 0.6 is 0 Å². The summed E-state index contributed by atoms with van der Waals surface area (Å²) in [6.07, 6.45) is -2.23. The molecule has 1 atom stereocenters. The number of ether oxygens (including phenoxy) is 2. The largest absolute Gasteiger partial charge is 0.480 e. The number of carbonyl (C=O) groups is 3. The highest BCUT2D eigenvalue weighted by atomic mass is 16.6. The molecule has 0 fully saturated rings. The Bertz CT molecular complexity index is 1150. The molecule has 3 aromatic carbocycles. The van der Waals surface area contributed by atoms with E-state index in [1.54, 1.807) is 78.9 Å². The van der Waals surface area contributed by atoms with E-state index in [4.69, 9.17) is 15.2 Å². The standard InChI is InChI=1S/C26H25N3O6/c27-24(28-25(32)34-17-20-12-6-2-7-13-20)29(26(33)35-18-21-14-8-3-9-15-21)22(23(30)31)16-19-10-4-1-5-11-19/h1-15,22H,16-18H2,(H,30,31)(H2,27,28,32). The first-order chi connectivity index (χ1) is 16.9. The van der Waals surface area contributed by atoms with Crippen LogP contribution in [0, 0.1) is 0 Å². The molecule has 9 nitrogen and oxygen atoms in total. The van der Waals surface area contributed by atoms with Gasteiger partial charge in [0, 0.05) is 6.42 Å². The predicted molar refractivity (Wildman–Crippen MR) is 128 cm³/mol. The molecule has 2 amide bonds. The van der Waals surface area contributed by atoms with Gasteiger partial charge in [-0.2, -0.15) is 0 Å². The second kappa shape index (κ2) is 12.5. The lowest BCUT2D eigenvalue weighted by Gasteiger charge is -2.27. The second-order valence-electron chi connectivity index (χ2n) is 7.46. The van der Waals surface area contributed by atoms with Crippen LogP contribution in [0.3, 0.4) is 0 Å². The molecule has 9 heteroatoms. The zero-order chi connectivity index (χ0) is 25.0. The molecule has 0 aliphatic rings. The molecular formula is C26H25N3O6. The molecule has 0 bridgehead atoms. The maximum atomic E-state index is 13.0. The van der Waals surface area contributed by atoms with E-state index in [1.807, 2.05) is 12.1 Å². The maximum Gasteiger partial charge on any atom is 0.437 e. The lowest BCUT2D eigenvalue weighted by molar-refractivity contribution is -0.141. The van der Waals surface area contributed by atoms with Crippen molar-refractivity contribution < 1.29 is 29.0 Å². The number of aliphatic carboxylic acids is 1. The van der Waals surface area contributed by atoms with Crippen molar-refractivity contribution >= 4 is 24.1 Å². The smallest absolute Gasteiger partial charge is 0.437 e. The van der Waals surface area contributed by atoms with Gasteiger partial charge in [-0.05, 0) is 16.7 Å². The molecule has 0 heterocycles. The van der Waals surface area contributed by atoms with Gasteiger partial charge in [-0.1, -0.05) is 91.0 Å². The number of aliphatic imine (C=N–C) groups is 1. The number of rotatable bonds is 8. The monoisotopic (exact) mass is 475 g/mol. The summed E-state index contributed by atoms with van der Waals surface area (Å²) >= 11 is 0. The topological polar surface area (TPSA) is 132 Å². The van der Waals surface area contributed by atoms with Crippen LogP contribution in [0.4, 0.5) is 9.59 Å². The van der Waals surface area contributed by atoms with E-state index in [0.717, 1.165) is 5.56 Å². The van der Waals surface area contributed by atoms with Gasteiger partial charge >= 0.3 is 18.2 Å². The summed E-state index contributed by atoms with van der Waals surface area (Å²) in [4.78, 5) is 41.7. The maximum absolute atomic E-state index is 13.0. The first-order valence-electron chi connectivity index (χ1n) is 10.8. The average Bonchev–Trinajstić information content (AvgIpc) is 2.87. The van der Waals surface area contributed by atoms with Crippen molar-refractivity contribution in [2.45, 2.75) is 25.7 Å². The molecule has 180 valence electrons. The quantitative estimate of drug-likeness (QED) is 0.372. The zero-order valence-corrected chi connectivity index (χ0v) is 18.8. The Morgan fingerprint density at radius 3 is 1.71 bits per heavy atom. The SMILES string of the molecule is NC(=NC(=O)OCc1ccccc1)N(C(=O)OCc1ccccc1)C(Cc1ccccc1)C(=O)O. The molecule has 3 rings (SSSR count). The van der Waals surface area contributed by atoms with Crippen LogP contribution in [-0.4, -0.2) is 40.2 Å². The fourth-order valence-electron chi connectivity index (χ4n) is 3.19. The van der Waals surface area contributed by atoms with Gasteiger partial charge in [-0.25, -0.2) is 19.3 Å². The summed E-state index contributed by atoms with van der Waals surface area (Å²) in [6.45, 7) is -0.194. The summed E-state index contributed by atoms with van der Waals surface area (Å²) in [5, 5.41) is 9.90. The Kier molecular flexibility index (Phi) is 8.95. The van der Waals surface area contributed by atoms with Gasteiger partial charge in [0.25, 0.3) is 0 Å². The number of benzene rings is 3. The van der Waals surface area contributed by atoms with Crippen LogP contribution in [0.25, 0.3) is 0 Å². The van der Waals surface area contributed by atoms with Gasteiger partial charge in [0.05, 0.1) is 0 Å². The number of amides is 2. The third-order valence-electron chi connectivity index (χ3n) is 4.93. The molecule has 0 saturated heterocycles. The van der Waals surface area contributed by atoms with E-state index in [1.165, 1.54) is 0 Å². The van der Waals surface area contributed by atoms with E-state index in [9.17, 15) is 19.5 Å². The first kappa shape index (κ1) is 25.0. The van der Waals surface area contributed by atoms with Crippen molar-refractivity contribution in [3.05, 3.63) is 108 Å². The lowest BCUT2D eigenvalue weighted by atomic mass is 10.1. The molecule has 0 saturated carbocycles. The zero-order valence-electron chi connectivity index (χ0n) is 18.8. The minimum absolute atomic E-state index is 0.0682. The molecule has 0 radical (unpaired) electrons. The number of hydrogen-bond donors (Lipinski definition) is 2. The summed E-state index contributed by atoms with van der Waals surface area (Å²) in [5.74, 6) is -1.99. The molecule has 35 heavy (non-hydrogen) atoms. The van der Waals surface area contributed by atoms with Crippen LogP contribution in [0.5, 0.6) is 0 Å². The Morgan fingerprint density at radius 2 is 1.23 bits per heavy atom. The van der Waals surface area contributed by atoms with Crippen molar-refractivity contribution in [1.29, 1.82) is 0 Å². The van der Waals surface area contributed by atoms with E-state index in [0.29, 0.717) is 16.0 Å². The Balaban J connectivity index is 1.81. The van der Waals surface area contributed by atoms with Crippen LogP contribution in [-0.2, 0) is 33.9 Å². The van der Waals surface area contributed by atoms with Gasteiger partial charge in [0.1, 0.15) is 19.3 Å². The fraction of sp³-hybridized carbons (Fsp3) is 0.154. The predicted octanol–water partition coefficient (Wildman–Crippen LogP) is 3.97. The summed E-state index contributed by atoms with van der Waals surface area (Å²) in [7, 11) is 0. The van der Waals surface area contributed by atoms with E-state index in [-0.39, 0.29) is 19.6 Å². The van der Waals surface area contributed by atoms with Crippen LogP contribution in [0.2, 0.25) is 0 Å². The molecule has 0 spiro atoms. The summed E-state index contributed by atoms with van der Waals surface area (Å²) < 4.78 is 10.4. The number of carbonyl (C=O) groups excluding carboxylic acids is 2. The second-order valence-corrected chi connectivity index (χ2v) is 7.46. The number of hydrogen-bond acceptors (Lipinski definition) is 5. The number of nitrogens with zero attached hydrogens (tertiary/aromatic N) is 2. The fourth-order valence-corrected chi connectivity index (χ4v) is 3.19. The van der Waals surface area contributed by atoms with Crippen molar-refractivity contribution in [2.75, 3.05) is 0 Å². The average molecular weight is 476 g/mol. The Morgan fingerprint density at radius 1 is 0.771 bits per heavy atom. The minimum Gasteiger partial charge on any atom is -0.480 e. The summed E-state index contributed by atoms with van der Waals surface area (Å²) in [5.41, 5.74) is 8.01. The lowest BCUT2D eigenvalue weighted by Crippen LogP contribution is -2.53. The molecule has 0 aliphatic carbocycles. The first-order valence-corrected chi connectivity index (χ1v) is 10.8. The molecular weight excluding hydrogens is 450 g/mol. The summed E-state index contributed by atoms with van der Waals surface area (Å²) in [6, 6.07) is 25.0. The van der Waals surface area contributed by atoms with Crippen LogP contribution < -0.4 is 5.73 Å². The van der Waals surface area contributed by atoms with Gasteiger partial charge in [0.15, 0.2) is 0 Å². The van der Waals surface area contributed by atoms with Crippen molar-refractivity contribution in [2.24, 2.45) is 10.7 Å². The van der Waals surface area contributed by atoms with Crippen LogP contribution in [0.1, 0.15) is 16.7 Å². The van der Waals surface area contributed by atoms with Gasteiger partial charge in [0.2, 0.25) is 5.96 Å². The van der Waals surface area contributed by atoms with Crippen LogP contribution in [0.15, 0.2) is 96.0 Å². The third kappa shape index (κ3) is 7.71. The highest BCUT2D eigenvalue weighted by Gasteiger charge is 2.34. The van der Waals surface area contributed by atoms with Crippen molar-refractivity contribution in [3.63, 3.8) is 0 Å². The molecule has 0 aromatic heterocycles. The van der Waals surface area contributed by atoms with Gasteiger partial charge in [-0.3, -0.25) is 0 Å². The number of nitrogens with two attached hydrogens (primary N) is 1. The minimum atomic E-state index is -1.48. The van der Waals surface area contributed by atoms with E-state index in [2.05, 4.69) is 4.99 Å². The number of guanidine groups is 1. The molecule has 3 aromatic rings. The normalized spacial score (nSPS) is 11.8. The number of carboxylic acid groups (broad SMARTS) is 1. The van der Waals surface area contributed by atoms with E-state index >= 15 is 0 Å². The molecule has 1 unspecified atom stereocenters. The molecule has 0 aliphatic heterocycles. The van der Waals surface area contributed by atoms with Crippen molar-refractivity contribution in [3.8, 4) is 0 Å². The van der Waals surface area contributed by atoms with Crippen molar-refractivity contribution in [1.82, 2.24) is 4.90 Å². The van der Waals surface area contributed by atoms with E-state index < -0.39 is 30.2 Å². The third-order valence-corrected chi connectivity index (χ3v) is 4.93. The Hall–Kier alpha value is -4.66. The highest BCUT2D eigenvalue weighted by Crippen LogP contribution is 2.13. The Labute approximate surface area is 202 Å². The van der Waals surface area contributed by atoms with Gasteiger partial charge < -0.3 is 20.3 Å². The van der Waals surface area contributed by atoms with Gasteiger partial charge in [-0.15, -0.1) is 4.99 Å². The molecule has 3 N–H and O–H groups in total. The highest BCUT2D eigenvalue weighted by molar-refractivity contribution is 6.01. The number of carboxylic acids is 1.